The molecule has 0 aliphatic carbocycles. The molecule has 5 aromatic rings. The number of aryl methyl sites for hydroxylation is 1. The molecule has 0 unspecified atom stereocenters. The third-order valence-corrected chi connectivity index (χ3v) is 5.71. The Labute approximate surface area is 171 Å². The maximum atomic E-state index is 4.48. The minimum atomic E-state index is 0.727. The Morgan fingerprint density at radius 2 is 1.48 bits per heavy atom. The summed E-state index contributed by atoms with van der Waals surface area (Å²) in [7, 11) is 0. The molecule has 141 valence electrons. The lowest BCUT2D eigenvalue weighted by molar-refractivity contribution is 0.817. The van der Waals surface area contributed by atoms with Crippen LogP contribution in [0.1, 0.15) is 16.8 Å². The lowest BCUT2D eigenvalue weighted by Crippen LogP contribution is -2.15. The summed E-state index contributed by atoms with van der Waals surface area (Å²) in [6.07, 6.45) is 2.04. The fraction of sp³-hybridized carbons (Fsp3) is 0.0741. The van der Waals surface area contributed by atoms with Gasteiger partial charge in [-0.2, -0.15) is 0 Å². The molecule has 0 amide bonds. The Morgan fingerprint density at radius 3 is 2.14 bits per heavy atom. The highest BCUT2D eigenvalue weighted by atomic mass is 15.4. The second-order valence-electron chi connectivity index (χ2n) is 7.49. The van der Waals surface area contributed by atoms with Crippen molar-refractivity contribution in [2.45, 2.75) is 13.5 Å². The monoisotopic (exact) mass is 375 g/mol. The van der Waals surface area contributed by atoms with Crippen LogP contribution < -0.4 is 5.43 Å². The molecule has 0 aliphatic heterocycles. The van der Waals surface area contributed by atoms with Gasteiger partial charge in [-0.15, -0.1) is 0 Å². The van der Waals surface area contributed by atoms with E-state index in [9.17, 15) is 0 Å². The first-order valence-electron chi connectivity index (χ1n) is 9.95. The van der Waals surface area contributed by atoms with E-state index in [1.54, 1.807) is 0 Å². The Balaban J connectivity index is 1.67. The predicted molar refractivity (Wildman–Crippen MR) is 124 cm³/mol. The molecule has 0 atom stereocenters. The number of nitrogens with one attached hydrogen (secondary N) is 1. The molecule has 0 spiro atoms. The first-order valence-corrected chi connectivity index (χ1v) is 9.95. The van der Waals surface area contributed by atoms with Crippen molar-refractivity contribution in [3.63, 3.8) is 0 Å². The normalized spacial score (nSPS) is 11.2. The van der Waals surface area contributed by atoms with Crippen molar-refractivity contribution in [2.75, 3.05) is 5.43 Å². The van der Waals surface area contributed by atoms with Crippen molar-refractivity contribution in [1.82, 2.24) is 4.68 Å². The molecular formula is C27H23N2. The van der Waals surface area contributed by atoms with Crippen molar-refractivity contribution < 1.29 is 0 Å². The highest BCUT2D eigenvalue weighted by molar-refractivity contribution is 6.13. The Kier molecular flexibility index (Phi) is 4.33. The predicted octanol–water partition coefficient (Wildman–Crippen LogP) is 6.70. The largest absolute Gasteiger partial charge is 0.322 e. The van der Waals surface area contributed by atoms with Crippen LogP contribution in [0.2, 0.25) is 0 Å². The highest BCUT2D eigenvalue weighted by Crippen LogP contribution is 2.38. The minimum Gasteiger partial charge on any atom is -0.322 e. The van der Waals surface area contributed by atoms with Gasteiger partial charge < -0.3 is 5.43 Å². The number of hydrogen-bond acceptors (Lipinski definition) is 1. The van der Waals surface area contributed by atoms with Crippen LogP contribution in [0, 0.1) is 13.8 Å². The Morgan fingerprint density at radius 1 is 0.793 bits per heavy atom. The van der Waals surface area contributed by atoms with Crippen LogP contribution >= 0.6 is 0 Å². The third kappa shape index (κ3) is 3.07. The van der Waals surface area contributed by atoms with E-state index in [1.165, 1.54) is 43.9 Å². The van der Waals surface area contributed by atoms with E-state index in [-0.39, 0.29) is 0 Å². The van der Waals surface area contributed by atoms with Crippen LogP contribution in [-0.2, 0) is 6.54 Å². The third-order valence-electron chi connectivity index (χ3n) is 5.71. The molecule has 0 saturated carbocycles. The first kappa shape index (κ1) is 17.6. The van der Waals surface area contributed by atoms with Gasteiger partial charge in [0.25, 0.3) is 0 Å². The molecule has 2 nitrogen and oxygen atoms in total. The van der Waals surface area contributed by atoms with Gasteiger partial charge in [-0.1, -0.05) is 66.7 Å². The Bertz CT molecular complexity index is 1270. The molecule has 1 radical (unpaired) electrons. The van der Waals surface area contributed by atoms with Crippen LogP contribution in [0.3, 0.4) is 0 Å². The van der Waals surface area contributed by atoms with E-state index in [4.69, 9.17) is 0 Å². The summed E-state index contributed by atoms with van der Waals surface area (Å²) in [5.41, 5.74) is 9.41. The van der Waals surface area contributed by atoms with Gasteiger partial charge in [0.1, 0.15) is 0 Å². The number of hydrogen-bond donors (Lipinski definition) is 1. The number of aromatic nitrogens is 1. The Hall–Kier alpha value is -3.52. The van der Waals surface area contributed by atoms with Crippen molar-refractivity contribution in [3.05, 3.63) is 115 Å². The molecule has 5 rings (SSSR count). The molecule has 0 bridgehead atoms. The summed E-state index contributed by atoms with van der Waals surface area (Å²) in [4.78, 5) is 0. The molecule has 0 saturated heterocycles. The molecule has 2 heteroatoms. The molecule has 4 aromatic carbocycles. The second-order valence-corrected chi connectivity index (χ2v) is 7.49. The van der Waals surface area contributed by atoms with Crippen LogP contribution in [0.15, 0.2) is 91.1 Å². The van der Waals surface area contributed by atoms with Gasteiger partial charge in [-0.3, -0.25) is 4.68 Å². The van der Waals surface area contributed by atoms with Gasteiger partial charge in [-0.25, -0.2) is 0 Å². The summed E-state index contributed by atoms with van der Waals surface area (Å²) in [6, 6.07) is 30.1. The number of benzene rings is 4. The zero-order valence-corrected chi connectivity index (χ0v) is 16.5. The fourth-order valence-electron chi connectivity index (χ4n) is 4.15. The van der Waals surface area contributed by atoms with E-state index in [0.29, 0.717) is 0 Å². The van der Waals surface area contributed by atoms with Crippen molar-refractivity contribution >= 4 is 21.5 Å². The van der Waals surface area contributed by atoms with Gasteiger partial charge in [0.15, 0.2) is 0 Å². The van der Waals surface area contributed by atoms with E-state index in [0.717, 1.165) is 12.1 Å². The summed E-state index contributed by atoms with van der Waals surface area (Å²) >= 11 is 0. The fourth-order valence-corrected chi connectivity index (χ4v) is 4.15. The maximum absolute atomic E-state index is 4.48. The average molecular weight is 375 g/mol. The average Bonchev–Trinajstić information content (AvgIpc) is 3.16. The number of nitrogens with zero attached hydrogens (tertiary/aromatic N) is 1. The van der Waals surface area contributed by atoms with E-state index < -0.39 is 0 Å². The van der Waals surface area contributed by atoms with E-state index in [2.05, 4.69) is 103 Å². The van der Waals surface area contributed by atoms with Gasteiger partial charge in [-0.05, 0) is 75.8 Å². The maximum Gasteiger partial charge on any atom is 0.0567 e. The molecule has 0 fully saturated rings. The van der Waals surface area contributed by atoms with Gasteiger partial charge >= 0.3 is 0 Å². The molecule has 29 heavy (non-hydrogen) atoms. The highest BCUT2D eigenvalue weighted by Gasteiger charge is 2.13. The van der Waals surface area contributed by atoms with Crippen LogP contribution in [0.25, 0.3) is 32.7 Å². The standard InChI is InChI=1S/C27H23N2/c1-19-9-8-16-29(19)28-18-23-12-7-15-24(20(23)2)27-25-13-5-3-10-21(25)17-22-11-4-6-14-26(22)27/h3-17,28H,2,18H2,1H3. The van der Waals surface area contributed by atoms with Gasteiger partial charge in [0.2, 0.25) is 0 Å². The molecule has 1 heterocycles. The number of rotatable bonds is 4. The summed E-state index contributed by atoms with van der Waals surface area (Å²) in [5.74, 6) is 0. The lowest BCUT2D eigenvalue weighted by Gasteiger charge is -2.17. The van der Waals surface area contributed by atoms with Crippen LogP contribution in [0.5, 0.6) is 0 Å². The first-order chi connectivity index (χ1) is 14.2. The van der Waals surface area contributed by atoms with Crippen molar-refractivity contribution in [2.24, 2.45) is 0 Å². The second kappa shape index (κ2) is 7.14. The van der Waals surface area contributed by atoms with E-state index >= 15 is 0 Å². The van der Waals surface area contributed by atoms with Gasteiger partial charge in [0.05, 0.1) is 6.54 Å². The van der Waals surface area contributed by atoms with Crippen molar-refractivity contribution in [3.8, 4) is 11.1 Å². The SMILES string of the molecule is [CH2]c1c(CNn2cccc2C)cccc1-c1c2ccccc2cc2ccccc12. The van der Waals surface area contributed by atoms with Crippen molar-refractivity contribution in [1.29, 1.82) is 0 Å². The smallest absolute Gasteiger partial charge is 0.0567 e. The summed E-state index contributed by atoms with van der Waals surface area (Å²) in [6.45, 7) is 7.30. The number of fused-ring (bicyclic) bond motifs is 2. The van der Waals surface area contributed by atoms with Crippen LogP contribution in [0.4, 0.5) is 0 Å². The summed E-state index contributed by atoms with van der Waals surface area (Å²) in [5, 5.41) is 5.05. The van der Waals surface area contributed by atoms with Gasteiger partial charge in [0, 0.05) is 11.9 Å². The zero-order valence-electron chi connectivity index (χ0n) is 16.5. The minimum absolute atomic E-state index is 0.727. The quantitative estimate of drug-likeness (QED) is 0.346. The summed E-state index contributed by atoms with van der Waals surface area (Å²) < 4.78 is 2.05. The zero-order chi connectivity index (χ0) is 19.8. The molecule has 1 N–H and O–H groups in total. The molecule has 0 aliphatic rings. The molecular weight excluding hydrogens is 352 g/mol. The van der Waals surface area contributed by atoms with E-state index in [1.807, 2.05) is 12.3 Å². The van der Waals surface area contributed by atoms with Crippen LogP contribution in [-0.4, -0.2) is 4.68 Å². The molecule has 1 aromatic heterocycles. The topological polar surface area (TPSA) is 17.0 Å². The lowest BCUT2D eigenvalue weighted by atomic mass is 9.88.